The van der Waals surface area contributed by atoms with Crippen molar-refractivity contribution in [2.45, 2.75) is 19.3 Å². The van der Waals surface area contributed by atoms with E-state index in [4.69, 9.17) is 13.9 Å². The maximum Gasteiger partial charge on any atom is 0.289 e. The Kier molecular flexibility index (Phi) is 5.36. The number of furan rings is 1. The molecule has 166 valence electrons. The Hall–Kier alpha value is -3.66. The number of ether oxygens (including phenoxy) is 2. The van der Waals surface area contributed by atoms with E-state index in [0.29, 0.717) is 49.9 Å². The van der Waals surface area contributed by atoms with E-state index < -0.39 is 0 Å². The lowest BCUT2D eigenvalue weighted by Crippen LogP contribution is -2.50. The van der Waals surface area contributed by atoms with Crippen LogP contribution in [0.4, 0.5) is 0 Å². The molecule has 4 heterocycles. The van der Waals surface area contributed by atoms with Crippen LogP contribution in [0.3, 0.4) is 0 Å². The summed E-state index contributed by atoms with van der Waals surface area (Å²) >= 11 is 0. The number of fused-ring (bicyclic) bond motifs is 1. The van der Waals surface area contributed by atoms with Crippen LogP contribution in [-0.4, -0.2) is 69.9 Å². The second-order valence-corrected chi connectivity index (χ2v) is 7.70. The number of aromatic nitrogens is 3. The second kappa shape index (κ2) is 8.46. The van der Waals surface area contributed by atoms with Gasteiger partial charge in [0.1, 0.15) is 11.9 Å². The maximum atomic E-state index is 13.1. The van der Waals surface area contributed by atoms with Gasteiger partial charge >= 0.3 is 0 Å². The predicted octanol–water partition coefficient (Wildman–Crippen LogP) is 1.75. The molecule has 0 saturated carbocycles. The molecule has 32 heavy (non-hydrogen) atoms. The van der Waals surface area contributed by atoms with Gasteiger partial charge in [0, 0.05) is 26.2 Å². The second-order valence-electron chi connectivity index (χ2n) is 7.70. The molecule has 0 bridgehead atoms. The molecule has 1 atom stereocenters. The molecule has 2 aliphatic rings. The molecule has 5 rings (SSSR count). The van der Waals surface area contributed by atoms with E-state index in [2.05, 4.69) is 10.3 Å². The Balaban J connectivity index is 1.23. The molecule has 1 aromatic carbocycles. The Morgan fingerprint density at radius 3 is 2.41 bits per heavy atom. The zero-order valence-electron chi connectivity index (χ0n) is 17.6. The van der Waals surface area contributed by atoms with Gasteiger partial charge in [0.25, 0.3) is 11.8 Å². The lowest BCUT2D eigenvalue weighted by molar-refractivity contribution is -0.00205. The number of amides is 2. The first-order chi connectivity index (χ1) is 15.6. The molecule has 0 unspecified atom stereocenters. The first-order valence-corrected chi connectivity index (χ1v) is 10.4. The smallest absolute Gasteiger partial charge is 0.289 e. The topological polar surface area (TPSA) is 103 Å². The number of methoxy groups -OCH3 is 1. The average molecular weight is 437 g/mol. The van der Waals surface area contributed by atoms with Gasteiger partial charge in [-0.3, -0.25) is 9.59 Å². The summed E-state index contributed by atoms with van der Waals surface area (Å²) in [6.07, 6.45) is 1.30. The van der Waals surface area contributed by atoms with Crippen LogP contribution in [0.15, 0.2) is 47.1 Å². The fourth-order valence-electron chi connectivity index (χ4n) is 4.02. The number of piperazine rings is 1. The summed E-state index contributed by atoms with van der Waals surface area (Å²) in [5.74, 6) is 0.731. The molecule has 10 nitrogen and oxygen atoms in total. The van der Waals surface area contributed by atoms with Gasteiger partial charge in [-0.1, -0.05) is 17.3 Å². The van der Waals surface area contributed by atoms with Crippen molar-refractivity contribution in [3.05, 3.63) is 65.4 Å². The highest BCUT2D eigenvalue weighted by molar-refractivity contribution is 5.94. The fourth-order valence-corrected chi connectivity index (χ4v) is 4.02. The van der Waals surface area contributed by atoms with Crippen molar-refractivity contribution >= 4 is 11.8 Å². The summed E-state index contributed by atoms with van der Waals surface area (Å²) in [5.41, 5.74) is 2.00. The van der Waals surface area contributed by atoms with Crippen molar-refractivity contribution in [3.8, 4) is 5.75 Å². The first-order valence-electron chi connectivity index (χ1n) is 10.4. The summed E-state index contributed by atoms with van der Waals surface area (Å²) in [4.78, 5) is 28.9. The lowest BCUT2D eigenvalue weighted by atomic mass is 10.1. The Morgan fingerprint density at radius 1 is 1.03 bits per heavy atom. The molecular weight excluding hydrogens is 414 g/mol. The van der Waals surface area contributed by atoms with Crippen LogP contribution in [0.5, 0.6) is 5.75 Å². The molecule has 2 aliphatic heterocycles. The summed E-state index contributed by atoms with van der Waals surface area (Å²) < 4.78 is 18.1. The van der Waals surface area contributed by atoms with Crippen LogP contribution < -0.4 is 4.74 Å². The van der Waals surface area contributed by atoms with Crippen LogP contribution >= 0.6 is 0 Å². The van der Waals surface area contributed by atoms with Gasteiger partial charge in [-0.25, -0.2) is 4.68 Å². The minimum Gasteiger partial charge on any atom is -0.497 e. The number of hydrogen-bond donors (Lipinski definition) is 0. The summed E-state index contributed by atoms with van der Waals surface area (Å²) in [7, 11) is 1.63. The van der Waals surface area contributed by atoms with Crippen molar-refractivity contribution < 1.29 is 23.5 Å². The number of carbonyl (C=O) groups excluding carboxylic acids is 2. The van der Waals surface area contributed by atoms with Gasteiger partial charge in [-0.05, 0) is 29.8 Å². The average Bonchev–Trinajstić information content (AvgIpc) is 3.53. The highest BCUT2D eigenvalue weighted by Gasteiger charge is 2.32. The number of hydrogen-bond acceptors (Lipinski definition) is 7. The molecule has 0 aliphatic carbocycles. The van der Waals surface area contributed by atoms with Crippen molar-refractivity contribution in [3.63, 3.8) is 0 Å². The maximum absolute atomic E-state index is 13.1. The Morgan fingerprint density at radius 2 is 1.75 bits per heavy atom. The van der Waals surface area contributed by atoms with E-state index >= 15 is 0 Å². The molecule has 2 aromatic heterocycles. The third-order valence-electron chi connectivity index (χ3n) is 5.87. The van der Waals surface area contributed by atoms with Crippen molar-refractivity contribution in [1.82, 2.24) is 24.8 Å². The number of rotatable bonds is 4. The van der Waals surface area contributed by atoms with E-state index in [-0.39, 0.29) is 24.5 Å². The molecule has 0 radical (unpaired) electrons. The van der Waals surface area contributed by atoms with Crippen LogP contribution in [0, 0.1) is 0 Å². The van der Waals surface area contributed by atoms with Gasteiger partial charge < -0.3 is 23.7 Å². The highest BCUT2D eigenvalue weighted by atomic mass is 16.5. The first kappa shape index (κ1) is 20.3. The zero-order valence-corrected chi connectivity index (χ0v) is 17.6. The van der Waals surface area contributed by atoms with Crippen molar-refractivity contribution in [1.29, 1.82) is 0 Å². The highest BCUT2D eigenvalue weighted by Crippen LogP contribution is 2.28. The van der Waals surface area contributed by atoms with Gasteiger partial charge in [-0.2, -0.15) is 0 Å². The van der Waals surface area contributed by atoms with E-state index in [1.165, 1.54) is 6.26 Å². The zero-order chi connectivity index (χ0) is 22.1. The molecule has 2 amide bonds. The molecular formula is C22H23N5O5. The van der Waals surface area contributed by atoms with Crippen molar-refractivity contribution in [2.24, 2.45) is 0 Å². The molecule has 0 N–H and O–H groups in total. The normalized spacial score (nSPS) is 18.3. The number of nitrogens with zero attached hydrogens (tertiary/aromatic N) is 5. The monoisotopic (exact) mass is 437 g/mol. The van der Waals surface area contributed by atoms with E-state index in [1.807, 2.05) is 24.3 Å². The van der Waals surface area contributed by atoms with Crippen molar-refractivity contribution in [2.75, 3.05) is 33.3 Å². The van der Waals surface area contributed by atoms with Crippen LogP contribution in [0.2, 0.25) is 0 Å². The SMILES string of the molecule is COc1ccc([C@@H]2Cn3nnc(C(=O)N4CCN(C(=O)c5ccco5)CC4)c3CO2)cc1. The fraction of sp³-hybridized carbons (Fsp3) is 0.364. The largest absolute Gasteiger partial charge is 0.497 e. The summed E-state index contributed by atoms with van der Waals surface area (Å²) in [6, 6.07) is 11.0. The van der Waals surface area contributed by atoms with Gasteiger partial charge in [0.05, 0.1) is 32.2 Å². The van der Waals surface area contributed by atoms with E-state index in [0.717, 1.165) is 11.3 Å². The van der Waals surface area contributed by atoms with E-state index in [1.54, 1.807) is 33.7 Å². The van der Waals surface area contributed by atoms with Crippen LogP contribution in [-0.2, 0) is 17.9 Å². The third kappa shape index (κ3) is 3.73. The Labute approximate surface area is 184 Å². The molecule has 0 spiro atoms. The number of benzene rings is 1. The molecule has 1 fully saturated rings. The number of carbonyl (C=O) groups is 2. The standard InChI is InChI=1S/C22H23N5O5/c1-30-16-6-4-15(5-7-16)19-13-27-17(14-32-19)20(23-24-27)22(29)26-10-8-25(9-11-26)21(28)18-3-2-12-31-18/h2-7,12,19H,8-11,13-14H2,1H3/t19-/m0/s1. The third-order valence-corrected chi connectivity index (χ3v) is 5.87. The molecule has 10 heteroatoms. The molecule has 1 saturated heterocycles. The van der Waals surface area contributed by atoms with Crippen LogP contribution in [0.25, 0.3) is 0 Å². The Bertz CT molecular complexity index is 1100. The predicted molar refractivity (Wildman–Crippen MR) is 111 cm³/mol. The minimum atomic E-state index is -0.192. The quantitative estimate of drug-likeness (QED) is 0.613. The summed E-state index contributed by atoms with van der Waals surface area (Å²) in [6.45, 7) is 2.45. The van der Waals surface area contributed by atoms with Gasteiger partial charge in [0.2, 0.25) is 0 Å². The minimum absolute atomic E-state index is 0.166. The van der Waals surface area contributed by atoms with Gasteiger partial charge in [-0.15, -0.1) is 5.10 Å². The van der Waals surface area contributed by atoms with E-state index in [9.17, 15) is 9.59 Å². The van der Waals surface area contributed by atoms with Crippen LogP contribution in [0.1, 0.15) is 38.4 Å². The lowest BCUT2D eigenvalue weighted by Gasteiger charge is -2.34. The van der Waals surface area contributed by atoms with Gasteiger partial charge in [0.15, 0.2) is 11.5 Å². The molecule has 3 aromatic rings. The summed E-state index contributed by atoms with van der Waals surface area (Å²) in [5, 5.41) is 8.35.